The van der Waals surface area contributed by atoms with Crippen LogP contribution in [0.1, 0.15) is 0 Å². The van der Waals surface area contributed by atoms with Gasteiger partial charge in [0.1, 0.15) is 13.9 Å². The molecule has 25 heavy (non-hydrogen) atoms. The molecule has 6 nitrogen and oxygen atoms in total. The molecule has 0 bridgehead atoms. The third-order valence-electron chi connectivity index (χ3n) is 2.37. The molecular weight excluding hydrogens is 422 g/mol. The van der Waals surface area contributed by atoms with Crippen LogP contribution in [0.2, 0.25) is 0 Å². The van der Waals surface area contributed by atoms with E-state index in [1.54, 1.807) is 54.6 Å². The minimum atomic E-state index is 0. The maximum atomic E-state index is 10.4. The zero-order valence-electron chi connectivity index (χ0n) is 12.6. The van der Waals surface area contributed by atoms with Crippen LogP contribution in [0.25, 0.3) is 0 Å². The van der Waals surface area contributed by atoms with Crippen LogP contribution >= 0.6 is 36.7 Å². The Hall–Kier alpha value is -1.97. The minimum absolute atomic E-state index is 0. The van der Waals surface area contributed by atoms with Gasteiger partial charge in [0.2, 0.25) is 0 Å². The van der Waals surface area contributed by atoms with E-state index >= 15 is 0 Å². The molecule has 131 valence electrons. The average molecular weight is 434 g/mol. The molecule has 3 aromatic rings. The van der Waals surface area contributed by atoms with Crippen molar-refractivity contribution in [3.8, 4) is 0 Å². The second-order valence-electron chi connectivity index (χ2n) is 4.09. The summed E-state index contributed by atoms with van der Waals surface area (Å²) in [7, 11) is 0. The predicted octanol–water partition coefficient (Wildman–Crippen LogP) is 4.69. The van der Waals surface area contributed by atoms with Gasteiger partial charge in [-0.15, -0.1) is 0 Å². The van der Waals surface area contributed by atoms with E-state index in [-0.39, 0.29) is 17.1 Å². The molecule has 0 aliphatic heterocycles. The van der Waals surface area contributed by atoms with Gasteiger partial charge in [-0.3, -0.25) is 0 Å². The first-order valence-corrected chi connectivity index (χ1v) is 7.70. The summed E-state index contributed by atoms with van der Waals surface area (Å²) < 4.78 is 2.88. The summed E-state index contributed by atoms with van der Waals surface area (Å²) in [6.07, 6.45) is 4.13. The van der Waals surface area contributed by atoms with E-state index in [1.165, 1.54) is 18.6 Å². The fraction of sp³-hybridized carbons (Fsp3) is 0. The molecule has 3 aromatic heterocycles. The van der Waals surface area contributed by atoms with Crippen LogP contribution in [-0.4, -0.2) is 14.2 Å². The third-order valence-corrected chi connectivity index (χ3v) is 3.31. The van der Waals surface area contributed by atoms with E-state index in [2.05, 4.69) is 36.7 Å². The van der Waals surface area contributed by atoms with E-state index in [0.717, 1.165) is 0 Å². The van der Waals surface area contributed by atoms with E-state index in [1.807, 2.05) is 0 Å². The van der Waals surface area contributed by atoms with Gasteiger partial charge in [-0.1, -0.05) is 54.9 Å². The minimum Gasteiger partial charge on any atom is -0.805 e. The molecule has 0 atom stereocenters. The molecule has 0 N–H and O–H groups in total. The molecular formula is C15H12FeN3O3S3. The average Bonchev–Trinajstić information content (AvgIpc) is 2.57. The first kappa shape index (κ1) is 23.0. The standard InChI is InChI=1S/3C5H4NOS.Fe/c3*7-6-4-2-1-3-5(6)8;/h3*1-4H;/q3*-1;+3. The van der Waals surface area contributed by atoms with Crippen molar-refractivity contribution in [1.29, 1.82) is 0 Å². The van der Waals surface area contributed by atoms with Crippen LogP contribution in [0.5, 0.6) is 0 Å². The Morgan fingerprint density at radius 3 is 0.880 bits per heavy atom. The van der Waals surface area contributed by atoms with Gasteiger partial charge in [-0.05, 0) is 55.0 Å². The van der Waals surface area contributed by atoms with Gasteiger partial charge in [-0.25, -0.2) is 0 Å². The second-order valence-corrected chi connectivity index (χ2v) is 5.35. The van der Waals surface area contributed by atoms with Gasteiger partial charge in [-0.2, -0.15) is 0 Å². The normalized spacial score (nSPS) is 8.64. The van der Waals surface area contributed by atoms with E-state index in [0.29, 0.717) is 28.1 Å². The zero-order chi connectivity index (χ0) is 17.9. The van der Waals surface area contributed by atoms with E-state index < -0.39 is 0 Å². The SMILES string of the molecule is [Fe+3].[O-]n1ccccc1=S.[O-]n1ccccc1=S.[O-]n1ccccc1=S. The molecule has 3 heterocycles. The van der Waals surface area contributed by atoms with Gasteiger partial charge in [0.15, 0.2) is 0 Å². The summed E-state index contributed by atoms with van der Waals surface area (Å²) in [6, 6.07) is 14.9. The van der Waals surface area contributed by atoms with Crippen LogP contribution in [0.4, 0.5) is 0 Å². The first-order chi connectivity index (χ1) is 11.4. The fourth-order valence-corrected chi connectivity index (χ4v) is 1.66. The van der Waals surface area contributed by atoms with E-state index in [9.17, 15) is 15.6 Å². The molecule has 0 aliphatic carbocycles. The molecule has 0 saturated heterocycles. The van der Waals surface area contributed by atoms with Crippen LogP contribution in [0.15, 0.2) is 73.2 Å². The zero-order valence-corrected chi connectivity index (χ0v) is 16.1. The molecule has 0 aromatic carbocycles. The van der Waals surface area contributed by atoms with Gasteiger partial charge < -0.3 is 29.8 Å². The quantitative estimate of drug-likeness (QED) is 0.377. The molecule has 0 fully saturated rings. The Morgan fingerprint density at radius 1 is 0.520 bits per heavy atom. The van der Waals surface area contributed by atoms with Crippen LogP contribution < -0.4 is 0 Å². The predicted molar refractivity (Wildman–Crippen MR) is 102 cm³/mol. The summed E-state index contributed by atoms with van der Waals surface area (Å²) in [5.74, 6) is 0. The van der Waals surface area contributed by atoms with Crippen molar-refractivity contribution in [2.45, 2.75) is 0 Å². The number of aromatic nitrogens is 3. The van der Waals surface area contributed by atoms with Crippen LogP contribution in [-0.2, 0) is 17.1 Å². The maximum Gasteiger partial charge on any atom is 3.00 e. The number of pyridine rings is 3. The fourth-order valence-electron chi connectivity index (χ4n) is 1.24. The largest absolute Gasteiger partial charge is 3.00 e. The first-order valence-electron chi connectivity index (χ1n) is 6.47. The summed E-state index contributed by atoms with van der Waals surface area (Å²) in [5.41, 5.74) is 0. The van der Waals surface area contributed by atoms with Crippen molar-refractivity contribution in [3.63, 3.8) is 0 Å². The number of nitrogens with zero attached hydrogens (tertiary/aromatic N) is 3. The van der Waals surface area contributed by atoms with Gasteiger partial charge >= 0.3 is 17.1 Å². The molecule has 3 rings (SSSR count). The molecule has 0 saturated carbocycles. The maximum absolute atomic E-state index is 10.4. The topological polar surface area (TPSA) is 84.0 Å². The van der Waals surface area contributed by atoms with Crippen molar-refractivity contribution in [1.82, 2.24) is 14.2 Å². The van der Waals surface area contributed by atoms with E-state index in [4.69, 9.17) is 0 Å². The summed E-state index contributed by atoms with van der Waals surface area (Å²) in [4.78, 5) is 0. The van der Waals surface area contributed by atoms with Crippen LogP contribution in [0, 0.1) is 29.5 Å². The summed E-state index contributed by atoms with van der Waals surface area (Å²) >= 11 is 13.8. The van der Waals surface area contributed by atoms with Gasteiger partial charge in [0.25, 0.3) is 0 Å². The van der Waals surface area contributed by atoms with Gasteiger partial charge in [0, 0.05) is 0 Å². The number of hydrogen-bond donors (Lipinski definition) is 0. The Labute approximate surface area is 170 Å². The van der Waals surface area contributed by atoms with Crippen molar-refractivity contribution >= 4 is 36.7 Å². The Kier molecular flexibility index (Phi) is 11.4. The van der Waals surface area contributed by atoms with Crippen LogP contribution in [0.3, 0.4) is 0 Å². The Morgan fingerprint density at radius 2 is 0.760 bits per heavy atom. The summed E-state index contributed by atoms with van der Waals surface area (Å²) in [5, 5.41) is 31.3. The molecule has 0 amide bonds. The van der Waals surface area contributed by atoms with Gasteiger partial charge in [0.05, 0.1) is 0 Å². The van der Waals surface area contributed by atoms with Crippen molar-refractivity contribution in [2.75, 3.05) is 0 Å². The monoisotopic (exact) mass is 434 g/mol. The third kappa shape index (κ3) is 9.18. The molecule has 1 radical (unpaired) electrons. The molecule has 0 unspecified atom stereocenters. The Bertz CT molecular complexity index is 818. The number of hydrogen-bond acceptors (Lipinski definition) is 6. The van der Waals surface area contributed by atoms with Crippen molar-refractivity contribution < 1.29 is 17.1 Å². The number of rotatable bonds is 0. The summed E-state index contributed by atoms with van der Waals surface area (Å²) in [6.45, 7) is 0. The molecule has 0 aliphatic rings. The van der Waals surface area contributed by atoms with Crippen molar-refractivity contribution in [2.24, 2.45) is 0 Å². The smallest absolute Gasteiger partial charge is 0.805 e. The van der Waals surface area contributed by atoms with Crippen molar-refractivity contribution in [3.05, 3.63) is 103 Å². The molecule has 0 spiro atoms. The molecule has 10 heteroatoms. The second kappa shape index (κ2) is 12.4. The Balaban J connectivity index is 0.000000339.